The molecule has 1 amide bonds. The lowest BCUT2D eigenvalue weighted by atomic mass is 9.97. The van der Waals surface area contributed by atoms with Crippen LogP contribution >= 0.6 is 0 Å². The van der Waals surface area contributed by atoms with E-state index in [4.69, 9.17) is 9.47 Å². The third-order valence-corrected chi connectivity index (χ3v) is 5.60. The Morgan fingerprint density at radius 3 is 2.83 bits per heavy atom. The van der Waals surface area contributed by atoms with Gasteiger partial charge >= 0.3 is 6.09 Å². The summed E-state index contributed by atoms with van der Waals surface area (Å²) in [6, 6.07) is 12.1. The third kappa shape index (κ3) is 4.38. The monoisotopic (exact) mass is 396 g/mol. The summed E-state index contributed by atoms with van der Waals surface area (Å²) in [6.45, 7) is 7.55. The molecular weight excluding hydrogens is 368 g/mol. The van der Waals surface area contributed by atoms with E-state index in [-0.39, 0.29) is 12.7 Å². The number of ether oxygens (including phenoxy) is 2. The summed E-state index contributed by atoms with van der Waals surface area (Å²) in [5.74, 6) is 0.820. The van der Waals surface area contributed by atoms with Gasteiger partial charge in [-0.1, -0.05) is 29.8 Å². The number of rotatable bonds is 6. The zero-order chi connectivity index (χ0) is 20.4. The SMILES string of the molecule is Cc1ccc(OC[C@@H](O)CN2CCc3c(cccc3N3CCOC3=O)C2)c(C)c1. The number of carbonyl (C=O) groups excluding carboxylic acids is 1. The molecule has 6 nitrogen and oxygen atoms in total. The smallest absolute Gasteiger partial charge is 0.414 e. The van der Waals surface area contributed by atoms with E-state index in [0.717, 1.165) is 36.5 Å². The van der Waals surface area contributed by atoms with Crippen LogP contribution in [0.5, 0.6) is 5.75 Å². The van der Waals surface area contributed by atoms with Crippen molar-refractivity contribution in [2.45, 2.75) is 32.9 Å². The van der Waals surface area contributed by atoms with Gasteiger partial charge in [-0.2, -0.15) is 0 Å². The molecule has 2 aliphatic heterocycles. The average molecular weight is 396 g/mol. The van der Waals surface area contributed by atoms with E-state index in [9.17, 15) is 9.90 Å². The molecule has 0 saturated carbocycles. The average Bonchev–Trinajstić information content (AvgIpc) is 3.12. The lowest BCUT2D eigenvalue weighted by molar-refractivity contribution is 0.0636. The van der Waals surface area contributed by atoms with Crippen molar-refractivity contribution >= 4 is 11.8 Å². The van der Waals surface area contributed by atoms with Gasteiger partial charge in [0.05, 0.1) is 12.2 Å². The fourth-order valence-electron chi connectivity index (χ4n) is 4.17. The summed E-state index contributed by atoms with van der Waals surface area (Å²) >= 11 is 0. The second-order valence-electron chi connectivity index (χ2n) is 7.90. The largest absolute Gasteiger partial charge is 0.491 e. The van der Waals surface area contributed by atoms with Gasteiger partial charge in [0.25, 0.3) is 0 Å². The van der Waals surface area contributed by atoms with Gasteiger partial charge in [-0.3, -0.25) is 9.80 Å². The summed E-state index contributed by atoms with van der Waals surface area (Å²) in [4.78, 5) is 15.9. The van der Waals surface area contributed by atoms with E-state index in [0.29, 0.717) is 19.7 Å². The first kappa shape index (κ1) is 19.7. The first-order valence-electron chi connectivity index (χ1n) is 10.2. The number of hydrogen-bond donors (Lipinski definition) is 1. The molecule has 2 heterocycles. The molecule has 4 rings (SSSR count). The van der Waals surface area contributed by atoms with Crippen LogP contribution in [0.1, 0.15) is 22.3 Å². The molecule has 154 valence electrons. The number of amides is 1. The predicted octanol–water partition coefficient (Wildman–Crippen LogP) is 3.06. The van der Waals surface area contributed by atoms with E-state index in [1.54, 1.807) is 4.90 Å². The molecule has 0 spiro atoms. The summed E-state index contributed by atoms with van der Waals surface area (Å²) in [5, 5.41) is 10.5. The minimum absolute atomic E-state index is 0.264. The van der Waals surface area contributed by atoms with Crippen LogP contribution in [-0.2, 0) is 17.7 Å². The number of aliphatic hydroxyl groups excluding tert-OH is 1. The van der Waals surface area contributed by atoms with E-state index >= 15 is 0 Å². The molecule has 0 aromatic heterocycles. The second kappa shape index (κ2) is 8.43. The molecule has 29 heavy (non-hydrogen) atoms. The van der Waals surface area contributed by atoms with Gasteiger partial charge in [0, 0.05) is 19.6 Å². The minimum Gasteiger partial charge on any atom is -0.491 e. The Morgan fingerprint density at radius 1 is 1.21 bits per heavy atom. The molecule has 6 heteroatoms. The molecule has 1 atom stereocenters. The highest BCUT2D eigenvalue weighted by molar-refractivity contribution is 5.90. The van der Waals surface area contributed by atoms with Crippen molar-refractivity contribution in [3.05, 3.63) is 58.7 Å². The first-order valence-corrected chi connectivity index (χ1v) is 10.2. The van der Waals surface area contributed by atoms with Crippen molar-refractivity contribution in [2.24, 2.45) is 0 Å². The molecule has 2 aromatic carbocycles. The standard InChI is InChI=1S/C23H28N2O4/c1-16-6-7-22(17(2)12-16)29-15-19(26)14-24-9-8-20-18(13-24)4-3-5-21(20)25-10-11-28-23(25)27/h3-7,12,19,26H,8-11,13-15H2,1-2H3/t19-/m0/s1. The summed E-state index contributed by atoms with van der Waals surface area (Å²) in [6.07, 6.45) is 0.0220. The Kier molecular flexibility index (Phi) is 5.74. The maximum Gasteiger partial charge on any atom is 0.414 e. The van der Waals surface area contributed by atoms with Gasteiger partial charge in [-0.05, 0) is 49.1 Å². The Balaban J connectivity index is 1.36. The Morgan fingerprint density at radius 2 is 2.07 bits per heavy atom. The van der Waals surface area contributed by atoms with E-state index in [1.807, 2.05) is 31.2 Å². The van der Waals surface area contributed by atoms with Gasteiger partial charge in [-0.25, -0.2) is 4.79 Å². The van der Waals surface area contributed by atoms with Gasteiger partial charge in [-0.15, -0.1) is 0 Å². The van der Waals surface area contributed by atoms with Crippen molar-refractivity contribution in [3.8, 4) is 5.75 Å². The van der Waals surface area contributed by atoms with E-state index < -0.39 is 6.10 Å². The highest BCUT2D eigenvalue weighted by Gasteiger charge is 2.28. The zero-order valence-corrected chi connectivity index (χ0v) is 17.1. The molecule has 1 N–H and O–H groups in total. The molecule has 1 saturated heterocycles. The number of anilines is 1. The van der Waals surface area contributed by atoms with Gasteiger partial charge in [0.15, 0.2) is 0 Å². The number of nitrogens with zero attached hydrogens (tertiary/aromatic N) is 2. The molecule has 2 aliphatic rings. The number of fused-ring (bicyclic) bond motifs is 1. The highest BCUT2D eigenvalue weighted by atomic mass is 16.6. The number of β-amino-alcohol motifs (C(OH)–C–C–N with tert-alkyl or cyclic N) is 1. The summed E-state index contributed by atoms with van der Waals surface area (Å²) < 4.78 is 10.9. The maximum atomic E-state index is 11.9. The van der Waals surface area contributed by atoms with Crippen LogP contribution in [0.25, 0.3) is 0 Å². The number of cyclic esters (lactones) is 1. The highest BCUT2D eigenvalue weighted by Crippen LogP contribution is 2.30. The zero-order valence-electron chi connectivity index (χ0n) is 17.1. The Hall–Kier alpha value is -2.57. The quantitative estimate of drug-likeness (QED) is 0.813. The van der Waals surface area contributed by atoms with Crippen LogP contribution in [0.2, 0.25) is 0 Å². The van der Waals surface area contributed by atoms with Crippen LogP contribution in [-0.4, -0.2) is 55.1 Å². The summed E-state index contributed by atoms with van der Waals surface area (Å²) in [5.41, 5.74) is 5.66. The van der Waals surface area contributed by atoms with Crippen molar-refractivity contribution in [1.82, 2.24) is 4.90 Å². The van der Waals surface area contributed by atoms with Gasteiger partial charge in [0.2, 0.25) is 0 Å². The summed E-state index contributed by atoms with van der Waals surface area (Å²) in [7, 11) is 0. The van der Waals surface area contributed by atoms with E-state index in [2.05, 4.69) is 24.0 Å². The normalized spacial score (nSPS) is 17.8. The fraction of sp³-hybridized carbons (Fsp3) is 0.435. The number of benzene rings is 2. The Labute approximate surface area is 171 Å². The Bertz CT molecular complexity index is 898. The van der Waals surface area contributed by atoms with Crippen molar-refractivity contribution < 1.29 is 19.4 Å². The first-order chi connectivity index (χ1) is 14.0. The molecule has 1 fully saturated rings. The predicted molar refractivity (Wildman–Crippen MR) is 112 cm³/mol. The molecule has 2 aromatic rings. The number of carbonyl (C=O) groups is 1. The van der Waals surface area contributed by atoms with Crippen molar-refractivity contribution in [3.63, 3.8) is 0 Å². The topological polar surface area (TPSA) is 62.2 Å². The van der Waals surface area contributed by atoms with Crippen LogP contribution in [0, 0.1) is 13.8 Å². The van der Waals surface area contributed by atoms with Gasteiger partial charge in [0.1, 0.15) is 25.1 Å². The number of aliphatic hydroxyl groups is 1. The molecule has 0 aliphatic carbocycles. The molecule has 0 unspecified atom stereocenters. The lowest BCUT2D eigenvalue weighted by Crippen LogP contribution is -2.39. The van der Waals surface area contributed by atoms with Crippen LogP contribution in [0.15, 0.2) is 36.4 Å². The second-order valence-corrected chi connectivity index (χ2v) is 7.90. The molecule has 0 radical (unpaired) electrons. The number of hydrogen-bond acceptors (Lipinski definition) is 5. The number of aryl methyl sites for hydroxylation is 2. The molecular formula is C23H28N2O4. The third-order valence-electron chi connectivity index (χ3n) is 5.60. The fourth-order valence-corrected chi connectivity index (χ4v) is 4.17. The van der Waals surface area contributed by atoms with Crippen molar-refractivity contribution in [1.29, 1.82) is 0 Å². The van der Waals surface area contributed by atoms with Crippen LogP contribution in [0.4, 0.5) is 10.5 Å². The van der Waals surface area contributed by atoms with Crippen LogP contribution < -0.4 is 9.64 Å². The molecule has 0 bridgehead atoms. The van der Waals surface area contributed by atoms with E-state index in [1.165, 1.54) is 16.7 Å². The van der Waals surface area contributed by atoms with Crippen molar-refractivity contribution in [2.75, 3.05) is 37.7 Å². The van der Waals surface area contributed by atoms with Crippen LogP contribution in [0.3, 0.4) is 0 Å². The minimum atomic E-state index is -0.561. The lowest BCUT2D eigenvalue weighted by Gasteiger charge is -2.32. The maximum absolute atomic E-state index is 11.9. The van der Waals surface area contributed by atoms with Gasteiger partial charge < -0.3 is 14.6 Å².